The smallest absolute Gasteiger partial charge is 0.123 e. The fourth-order valence-electron chi connectivity index (χ4n) is 2.22. The Bertz CT molecular complexity index is 510. The lowest BCUT2D eigenvalue weighted by Gasteiger charge is -2.12. The number of hydrogen-bond acceptors (Lipinski definition) is 2. The molecule has 0 amide bonds. The fraction of sp³-hybridized carbons (Fsp3) is 0.368. The lowest BCUT2D eigenvalue weighted by Crippen LogP contribution is -2.17. The molecule has 0 radical (unpaired) electrons. The third-order valence-electron chi connectivity index (χ3n) is 3.48. The highest BCUT2D eigenvalue weighted by molar-refractivity contribution is 5.33. The summed E-state index contributed by atoms with van der Waals surface area (Å²) in [6.07, 6.45) is 3.33. The van der Waals surface area contributed by atoms with Gasteiger partial charge in [0.15, 0.2) is 0 Å². The first-order valence-corrected chi connectivity index (χ1v) is 7.85. The molecule has 0 atom stereocenters. The van der Waals surface area contributed by atoms with Crippen LogP contribution in [0.4, 0.5) is 0 Å². The van der Waals surface area contributed by atoms with Gasteiger partial charge >= 0.3 is 0 Å². The molecule has 112 valence electrons. The maximum atomic E-state index is 5.85. The number of para-hydroxylation sites is 1. The molecule has 0 saturated carbocycles. The number of hydrogen-bond donors (Lipinski definition) is 1. The molecular formula is C19H25NO. The number of benzene rings is 2. The molecule has 0 saturated heterocycles. The summed E-state index contributed by atoms with van der Waals surface area (Å²) in [5.41, 5.74) is 2.61. The van der Waals surface area contributed by atoms with Crippen LogP contribution < -0.4 is 10.1 Å². The first kappa shape index (κ1) is 15.6. The molecule has 2 rings (SSSR count). The van der Waals surface area contributed by atoms with Gasteiger partial charge in [0.1, 0.15) is 5.75 Å². The largest absolute Gasteiger partial charge is 0.493 e. The summed E-state index contributed by atoms with van der Waals surface area (Å²) in [4.78, 5) is 0. The van der Waals surface area contributed by atoms with Crippen molar-refractivity contribution in [2.75, 3.05) is 13.2 Å². The van der Waals surface area contributed by atoms with E-state index in [1.165, 1.54) is 11.1 Å². The Morgan fingerprint density at radius 1 is 0.952 bits per heavy atom. The van der Waals surface area contributed by atoms with Crippen molar-refractivity contribution >= 4 is 0 Å². The Morgan fingerprint density at radius 3 is 2.52 bits per heavy atom. The van der Waals surface area contributed by atoms with Gasteiger partial charge in [0, 0.05) is 12.1 Å². The first-order chi connectivity index (χ1) is 10.4. The molecule has 0 aromatic heterocycles. The molecule has 0 fully saturated rings. The van der Waals surface area contributed by atoms with Crippen molar-refractivity contribution in [3.05, 3.63) is 65.7 Å². The predicted molar refractivity (Wildman–Crippen MR) is 88.7 cm³/mol. The highest BCUT2D eigenvalue weighted by atomic mass is 16.5. The van der Waals surface area contributed by atoms with Crippen LogP contribution in [0.15, 0.2) is 54.6 Å². The first-order valence-electron chi connectivity index (χ1n) is 7.85. The summed E-state index contributed by atoms with van der Waals surface area (Å²) in [5, 5.41) is 3.50. The minimum atomic E-state index is 0.803. The Kier molecular flexibility index (Phi) is 6.82. The molecule has 0 aliphatic rings. The normalized spacial score (nSPS) is 10.5. The average molecular weight is 283 g/mol. The summed E-state index contributed by atoms with van der Waals surface area (Å²) in [7, 11) is 0. The van der Waals surface area contributed by atoms with Gasteiger partial charge in [-0.3, -0.25) is 0 Å². The lowest BCUT2D eigenvalue weighted by atomic mass is 10.1. The third kappa shape index (κ3) is 5.60. The molecular weight excluding hydrogens is 258 g/mol. The monoisotopic (exact) mass is 283 g/mol. The van der Waals surface area contributed by atoms with E-state index in [4.69, 9.17) is 4.74 Å². The molecule has 0 unspecified atom stereocenters. The standard InChI is InChI=1S/C19H25NO/c1-2-3-15-21-19-12-8-7-11-18(19)16-20-14-13-17-9-5-4-6-10-17/h4-12,20H,2-3,13-16H2,1H3. The second-order valence-corrected chi connectivity index (χ2v) is 5.22. The number of nitrogens with one attached hydrogen (secondary N) is 1. The molecule has 0 bridgehead atoms. The molecule has 0 spiro atoms. The van der Waals surface area contributed by atoms with Gasteiger partial charge in [-0.15, -0.1) is 0 Å². The van der Waals surface area contributed by atoms with E-state index in [-0.39, 0.29) is 0 Å². The summed E-state index contributed by atoms with van der Waals surface area (Å²) in [6.45, 7) is 4.82. The Morgan fingerprint density at radius 2 is 1.71 bits per heavy atom. The van der Waals surface area contributed by atoms with Crippen LogP contribution >= 0.6 is 0 Å². The molecule has 0 aliphatic carbocycles. The predicted octanol–water partition coefficient (Wildman–Crippen LogP) is 4.20. The van der Waals surface area contributed by atoms with Crippen molar-refractivity contribution in [2.24, 2.45) is 0 Å². The van der Waals surface area contributed by atoms with Crippen molar-refractivity contribution in [2.45, 2.75) is 32.7 Å². The van der Waals surface area contributed by atoms with Crippen LogP contribution in [0.5, 0.6) is 5.75 Å². The van der Waals surface area contributed by atoms with Crippen LogP contribution in [0.25, 0.3) is 0 Å². The van der Waals surface area contributed by atoms with E-state index in [1.54, 1.807) is 0 Å². The van der Waals surface area contributed by atoms with E-state index in [0.717, 1.165) is 44.7 Å². The molecule has 2 aromatic rings. The zero-order valence-corrected chi connectivity index (χ0v) is 12.8. The maximum Gasteiger partial charge on any atom is 0.123 e. The average Bonchev–Trinajstić information content (AvgIpc) is 2.54. The second-order valence-electron chi connectivity index (χ2n) is 5.22. The van der Waals surface area contributed by atoms with Crippen molar-refractivity contribution in [1.29, 1.82) is 0 Å². The van der Waals surface area contributed by atoms with E-state index in [2.05, 4.69) is 60.8 Å². The highest BCUT2D eigenvalue weighted by Crippen LogP contribution is 2.18. The van der Waals surface area contributed by atoms with Crippen LogP contribution in [-0.2, 0) is 13.0 Å². The van der Waals surface area contributed by atoms with Gasteiger partial charge in [0.2, 0.25) is 0 Å². The van der Waals surface area contributed by atoms with Gasteiger partial charge < -0.3 is 10.1 Å². The lowest BCUT2D eigenvalue weighted by molar-refractivity contribution is 0.305. The minimum absolute atomic E-state index is 0.803. The van der Waals surface area contributed by atoms with Crippen LogP contribution in [0.1, 0.15) is 30.9 Å². The van der Waals surface area contributed by atoms with Crippen molar-refractivity contribution in [3.8, 4) is 5.75 Å². The summed E-state index contributed by atoms with van der Waals surface area (Å²) >= 11 is 0. The topological polar surface area (TPSA) is 21.3 Å². The molecule has 2 heteroatoms. The number of ether oxygens (including phenoxy) is 1. The van der Waals surface area contributed by atoms with Crippen LogP contribution in [0.3, 0.4) is 0 Å². The van der Waals surface area contributed by atoms with Crippen molar-refractivity contribution < 1.29 is 4.74 Å². The van der Waals surface area contributed by atoms with E-state index < -0.39 is 0 Å². The number of rotatable bonds is 9. The quantitative estimate of drug-likeness (QED) is 0.696. The SMILES string of the molecule is CCCCOc1ccccc1CNCCc1ccccc1. The van der Waals surface area contributed by atoms with E-state index >= 15 is 0 Å². The van der Waals surface area contributed by atoms with Gasteiger partial charge in [0.05, 0.1) is 6.61 Å². The molecule has 1 N–H and O–H groups in total. The summed E-state index contributed by atoms with van der Waals surface area (Å²) < 4.78 is 5.85. The molecule has 21 heavy (non-hydrogen) atoms. The van der Waals surface area contributed by atoms with Crippen LogP contribution in [-0.4, -0.2) is 13.2 Å². The van der Waals surface area contributed by atoms with Gasteiger partial charge in [-0.05, 0) is 31.0 Å². The van der Waals surface area contributed by atoms with Crippen molar-refractivity contribution in [3.63, 3.8) is 0 Å². The molecule has 0 heterocycles. The summed E-state index contributed by atoms with van der Waals surface area (Å²) in [5.74, 6) is 1.01. The van der Waals surface area contributed by atoms with Gasteiger partial charge in [0.25, 0.3) is 0 Å². The van der Waals surface area contributed by atoms with Crippen molar-refractivity contribution in [1.82, 2.24) is 5.32 Å². The number of unbranched alkanes of at least 4 members (excludes halogenated alkanes) is 1. The zero-order chi connectivity index (χ0) is 14.8. The molecule has 2 nitrogen and oxygen atoms in total. The van der Waals surface area contributed by atoms with E-state index in [1.807, 2.05) is 6.07 Å². The molecule has 2 aromatic carbocycles. The minimum Gasteiger partial charge on any atom is -0.493 e. The van der Waals surface area contributed by atoms with Gasteiger partial charge in [-0.25, -0.2) is 0 Å². The van der Waals surface area contributed by atoms with Crippen LogP contribution in [0, 0.1) is 0 Å². The van der Waals surface area contributed by atoms with E-state index in [9.17, 15) is 0 Å². The van der Waals surface area contributed by atoms with Gasteiger partial charge in [-0.1, -0.05) is 61.9 Å². The third-order valence-corrected chi connectivity index (χ3v) is 3.48. The zero-order valence-electron chi connectivity index (χ0n) is 12.8. The maximum absolute atomic E-state index is 5.85. The Labute approximate surface area is 128 Å². The second kappa shape index (κ2) is 9.19. The summed E-state index contributed by atoms with van der Waals surface area (Å²) in [6, 6.07) is 18.9. The molecule has 0 aliphatic heterocycles. The Balaban J connectivity index is 1.77. The van der Waals surface area contributed by atoms with Gasteiger partial charge in [-0.2, -0.15) is 0 Å². The highest BCUT2D eigenvalue weighted by Gasteiger charge is 2.02. The fourth-order valence-corrected chi connectivity index (χ4v) is 2.22. The van der Waals surface area contributed by atoms with Crippen LogP contribution in [0.2, 0.25) is 0 Å². The van der Waals surface area contributed by atoms with E-state index in [0.29, 0.717) is 0 Å². The Hall–Kier alpha value is -1.80.